The SMILES string of the molecule is CCN(CC)CC(O)CN[C@@H](C)c1cccc(Cl)c1. The van der Waals surface area contributed by atoms with Crippen LogP contribution in [0, 0.1) is 0 Å². The summed E-state index contributed by atoms with van der Waals surface area (Å²) in [6.45, 7) is 9.54. The molecule has 2 N–H and O–H groups in total. The number of aliphatic hydroxyl groups excluding tert-OH is 1. The fraction of sp³-hybridized carbons (Fsp3) is 0.600. The minimum atomic E-state index is -0.346. The Morgan fingerprint density at radius 3 is 2.58 bits per heavy atom. The molecule has 4 heteroatoms. The third-order valence-electron chi connectivity index (χ3n) is 3.37. The number of hydrogen-bond donors (Lipinski definition) is 2. The Balaban J connectivity index is 2.39. The molecule has 0 aliphatic rings. The molecule has 0 saturated carbocycles. The molecule has 108 valence electrons. The van der Waals surface area contributed by atoms with Crippen molar-refractivity contribution in [2.75, 3.05) is 26.2 Å². The van der Waals surface area contributed by atoms with Crippen LogP contribution in [0.3, 0.4) is 0 Å². The minimum absolute atomic E-state index is 0.185. The highest BCUT2D eigenvalue weighted by Crippen LogP contribution is 2.17. The fourth-order valence-electron chi connectivity index (χ4n) is 2.05. The van der Waals surface area contributed by atoms with E-state index in [-0.39, 0.29) is 12.1 Å². The number of nitrogens with one attached hydrogen (secondary N) is 1. The predicted octanol–water partition coefficient (Wildman–Crippen LogP) is 2.69. The van der Waals surface area contributed by atoms with Crippen molar-refractivity contribution in [1.29, 1.82) is 0 Å². The Labute approximate surface area is 121 Å². The van der Waals surface area contributed by atoms with E-state index in [0.29, 0.717) is 13.1 Å². The second-order valence-electron chi connectivity index (χ2n) is 4.82. The van der Waals surface area contributed by atoms with Gasteiger partial charge in [-0.25, -0.2) is 0 Å². The van der Waals surface area contributed by atoms with E-state index in [0.717, 1.165) is 23.7 Å². The second-order valence-corrected chi connectivity index (χ2v) is 5.26. The van der Waals surface area contributed by atoms with Crippen LogP contribution < -0.4 is 5.32 Å². The van der Waals surface area contributed by atoms with Gasteiger partial charge in [0.2, 0.25) is 0 Å². The van der Waals surface area contributed by atoms with Crippen LogP contribution in [-0.4, -0.2) is 42.3 Å². The molecule has 1 unspecified atom stereocenters. The summed E-state index contributed by atoms with van der Waals surface area (Å²) in [5.74, 6) is 0. The first-order chi connectivity index (χ1) is 9.06. The molecule has 0 aliphatic carbocycles. The quantitative estimate of drug-likeness (QED) is 0.770. The van der Waals surface area contributed by atoms with Crippen LogP contribution in [0.2, 0.25) is 5.02 Å². The van der Waals surface area contributed by atoms with E-state index in [4.69, 9.17) is 11.6 Å². The van der Waals surface area contributed by atoms with Gasteiger partial charge in [-0.05, 0) is 37.7 Å². The average molecular weight is 285 g/mol. The predicted molar refractivity (Wildman–Crippen MR) is 81.7 cm³/mol. The lowest BCUT2D eigenvalue weighted by atomic mass is 10.1. The van der Waals surface area contributed by atoms with Crippen LogP contribution >= 0.6 is 11.6 Å². The fourth-order valence-corrected chi connectivity index (χ4v) is 2.25. The largest absolute Gasteiger partial charge is 0.390 e. The molecule has 2 atom stereocenters. The van der Waals surface area contributed by atoms with Gasteiger partial charge in [0.1, 0.15) is 0 Å². The number of aliphatic hydroxyl groups is 1. The minimum Gasteiger partial charge on any atom is -0.390 e. The van der Waals surface area contributed by atoms with E-state index >= 15 is 0 Å². The Kier molecular flexibility index (Phi) is 7.39. The zero-order chi connectivity index (χ0) is 14.3. The van der Waals surface area contributed by atoms with Crippen LogP contribution in [0.4, 0.5) is 0 Å². The third kappa shape index (κ3) is 5.91. The molecule has 0 aromatic heterocycles. The number of halogens is 1. The van der Waals surface area contributed by atoms with Gasteiger partial charge in [0, 0.05) is 24.2 Å². The van der Waals surface area contributed by atoms with Crippen LogP contribution in [0.1, 0.15) is 32.4 Å². The van der Waals surface area contributed by atoms with Gasteiger partial charge in [0.25, 0.3) is 0 Å². The van der Waals surface area contributed by atoms with Gasteiger partial charge < -0.3 is 15.3 Å². The van der Waals surface area contributed by atoms with E-state index in [1.165, 1.54) is 0 Å². The van der Waals surface area contributed by atoms with Gasteiger partial charge in [0.05, 0.1) is 6.10 Å². The first-order valence-corrected chi connectivity index (χ1v) is 7.33. The molecule has 0 bridgehead atoms. The summed E-state index contributed by atoms with van der Waals surface area (Å²) in [6, 6.07) is 8.00. The second kappa shape index (κ2) is 8.54. The number of benzene rings is 1. The maximum atomic E-state index is 10.0. The van der Waals surface area contributed by atoms with Crippen LogP contribution in [0.15, 0.2) is 24.3 Å². The molecule has 1 rings (SSSR count). The lowest BCUT2D eigenvalue weighted by Crippen LogP contribution is -2.38. The Morgan fingerprint density at radius 1 is 1.32 bits per heavy atom. The van der Waals surface area contributed by atoms with Gasteiger partial charge in [-0.15, -0.1) is 0 Å². The van der Waals surface area contributed by atoms with Crippen molar-refractivity contribution in [1.82, 2.24) is 10.2 Å². The van der Waals surface area contributed by atoms with Crippen LogP contribution in [0.25, 0.3) is 0 Å². The lowest BCUT2D eigenvalue weighted by molar-refractivity contribution is 0.114. The van der Waals surface area contributed by atoms with Gasteiger partial charge in [0.15, 0.2) is 0 Å². The van der Waals surface area contributed by atoms with Crippen molar-refractivity contribution in [3.8, 4) is 0 Å². The van der Waals surface area contributed by atoms with Crippen molar-refractivity contribution in [2.24, 2.45) is 0 Å². The molecule has 3 nitrogen and oxygen atoms in total. The number of likely N-dealkylation sites (N-methyl/N-ethyl adjacent to an activating group) is 1. The third-order valence-corrected chi connectivity index (χ3v) is 3.61. The zero-order valence-corrected chi connectivity index (χ0v) is 12.8. The normalized spacial score (nSPS) is 14.6. The summed E-state index contributed by atoms with van der Waals surface area (Å²) in [5.41, 5.74) is 1.14. The van der Waals surface area contributed by atoms with Crippen molar-refractivity contribution in [3.63, 3.8) is 0 Å². The number of nitrogens with zero attached hydrogens (tertiary/aromatic N) is 1. The molecule has 0 fully saturated rings. The summed E-state index contributed by atoms with van der Waals surface area (Å²) in [5, 5.41) is 14.1. The van der Waals surface area contributed by atoms with Crippen LogP contribution in [-0.2, 0) is 0 Å². The van der Waals surface area contributed by atoms with E-state index in [1.54, 1.807) is 0 Å². The zero-order valence-electron chi connectivity index (χ0n) is 12.1. The Bertz CT molecular complexity index is 369. The molecule has 1 aromatic carbocycles. The highest BCUT2D eigenvalue weighted by atomic mass is 35.5. The first kappa shape index (κ1) is 16.4. The van der Waals surface area contributed by atoms with Gasteiger partial charge >= 0.3 is 0 Å². The summed E-state index contributed by atoms with van der Waals surface area (Å²) in [4.78, 5) is 2.22. The Morgan fingerprint density at radius 2 is 2.00 bits per heavy atom. The molecule has 0 amide bonds. The lowest BCUT2D eigenvalue weighted by Gasteiger charge is -2.23. The summed E-state index contributed by atoms with van der Waals surface area (Å²) in [7, 11) is 0. The monoisotopic (exact) mass is 284 g/mol. The van der Waals surface area contributed by atoms with Crippen LogP contribution in [0.5, 0.6) is 0 Å². The summed E-state index contributed by atoms with van der Waals surface area (Å²) < 4.78 is 0. The number of rotatable bonds is 8. The highest BCUT2D eigenvalue weighted by molar-refractivity contribution is 6.30. The molecule has 0 radical (unpaired) electrons. The standard InChI is InChI=1S/C15H25ClN2O/c1-4-18(5-2)11-15(19)10-17-12(3)13-7-6-8-14(16)9-13/h6-9,12,15,17,19H,4-5,10-11H2,1-3H3/t12-,15?/m0/s1. The molecule has 1 aromatic rings. The average Bonchev–Trinajstić information content (AvgIpc) is 2.42. The summed E-state index contributed by atoms with van der Waals surface area (Å²) >= 11 is 5.97. The maximum absolute atomic E-state index is 10.0. The van der Waals surface area contributed by atoms with Crippen molar-refractivity contribution < 1.29 is 5.11 Å². The molecule has 0 aliphatic heterocycles. The van der Waals surface area contributed by atoms with Gasteiger partial charge in [-0.1, -0.05) is 37.6 Å². The van der Waals surface area contributed by atoms with Gasteiger partial charge in [-0.2, -0.15) is 0 Å². The number of hydrogen-bond acceptors (Lipinski definition) is 3. The summed E-state index contributed by atoms with van der Waals surface area (Å²) in [6.07, 6.45) is -0.346. The van der Waals surface area contributed by atoms with E-state index in [2.05, 4.69) is 31.0 Å². The van der Waals surface area contributed by atoms with Crippen molar-refractivity contribution in [2.45, 2.75) is 32.9 Å². The molecule has 0 saturated heterocycles. The Hall–Kier alpha value is -0.610. The van der Waals surface area contributed by atoms with Crippen molar-refractivity contribution in [3.05, 3.63) is 34.9 Å². The maximum Gasteiger partial charge on any atom is 0.0791 e. The molecule has 19 heavy (non-hydrogen) atoms. The molecule has 0 heterocycles. The smallest absolute Gasteiger partial charge is 0.0791 e. The first-order valence-electron chi connectivity index (χ1n) is 6.96. The topological polar surface area (TPSA) is 35.5 Å². The van der Waals surface area contributed by atoms with E-state index in [9.17, 15) is 5.11 Å². The molecular weight excluding hydrogens is 260 g/mol. The highest BCUT2D eigenvalue weighted by Gasteiger charge is 2.11. The van der Waals surface area contributed by atoms with Gasteiger partial charge in [-0.3, -0.25) is 0 Å². The van der Waals surface area contributed by atoms with Crippen molar-refractivity contribution >= 4 is 11.6 Å². The van der Waals surface area contributed by atoms with E-state index < -0.39 is 0 Å². The molecule has 0 spiro atoms. The van der Waals surface area contributed by atoms with E-state index in [1.807, 2.05) is 24.3 Å². The molecular formula is C15H25ClN2O.